The number of methoxy groups -OCH3 is 1. The van der Waals surface area contributed by atoms with Crippen molar-refractivity contribution >= 4 is 0 Å². The summed E-state index contributed by atoms with van der Waals surface area (Å²) in [6.45, 7) is 8.87. The van der Waals surface area contributed by atoms with Crippen LogP contribution in [-0.4, -0.2) is 13.7 Å². The summed E-state index contributed by atoms with van der Waals surface area (Å²) >= 11 is 0. The van der Waals surface area contributed by atoms with E-state index in [-0.39, 0.29) is 0 Å². The first kappa shape index (κ1) is 13.1. The molecule has 0 aliphatic rings. The number of hydrogen-bond acceptors (Lipinski definition) is 2. The second kappa shape index (κ2) is 7.48. The van der Waals surface area contributed by atoms with Crippen LogP contribution in [0.1, 0.15) is 40.5 Å². The maximum atomic E-state index is 5.67. The zero-order valence-electron chi connectivity index (χ0n) is 10.0. The molecule has 82 valence electrons. The molecule has 0 spiro atoms. The van der Waals surface area contributed by atoms with Crippen LogP contribution in [0.2, 0.25) is 0 Å². The predicted molar refractivity (Wildman–Crippen MR) is 60.0 cm³/mol. The molecule has 0 heterocycles. The largest absolute Gasteiger partial charge is 0.498 e. The topological polar surface area (TPSA) is 18.5 Å². The number of ether oxygens (including phenoxy) is 2. The van der Waals surface area contributed by atoms with Crippen LogP contribution < -0.4 is 0 Å². The fraction of sp³-hybridized carbons (Fsp3) is 0.667. The first-order valence-corrected chi connectivity index (χ1v) is 5.18. The average Bonchev–Trinajstić information content (AvgIpc) is 2.22. The van der Waals surface area contributed by atoms with Gasteiger partial charge in [0.1, 0.15) is 5.76 Å². The van der Waals surface area contributed by atoms with E-state index < -0.39 is 0 Å². The molecule has 0 saturated heterocycles. The van der Waals surface area contributed by atoms with Gasteiger partial charge in [-0.05, 0) is 32.8 Å². The molecule has 14 heavy (non-hydrogen) atoms. The van der Waals surface area contributed by atoms with E-state index in [4.69, 9.17) is 9.47 Å². The summed E-state index contributed by atoms with van der Waals surface area (Å²) in [4.78, 5) is 0. The van der Waals surface area contributed by atoms with Crippen LogP contribution in [0.15, 0.2) is 23.2 Å². The molecular weight excluding hydrogens is 176 g/mol. The normalized spacial score (nSPS) is 13.6. The van der Waals surface area contributed by atoms with Crippen molar-refractivity contribution in [3.8, 4) is 0 Å². The van der Waals surface area contributed by atoms with Crippen molar-refractivity contribution in [2.75, 3.05) is 13.7 Å². The molecule has 0 aromatic rings. The van der Waals surface area contributed by atoms with Gasteiger partial charge in [-0.15, -0.1) is 0 Å². The number of hydrogen-bond donors (Lipinski definition) is 0. The Morgan fingerprint density at radius 2 is 1.93 bits per heavy atom. The molecule has 0 rings (SSSR count). The molecule has 0 fully saturated rings. The van der Waals surface area contributed by atoms with E-state index in [1.807, 2.05) is 26.8 Å². The molecule has 0 unspecified atom stereocenters. The van der Waals surface area contributed by atoms with Crippen molar-refractivity contribution in [3.63, 3.8) is 0 Å². The van der Waals surface area contributed by atoms with E-state index in [1.54, 1.807) is 7.11 Å². The summed E-state index contributed by atoms with van der Waals surface area (Å²) < 4.78 is 10.9. The van der Waals surface area contributed by atoms with Crippen molar-refractivity contribution < 1.29 is 9.47 Å². The van der Waals surface area contributed by atoms with Crippen LogP contribution >= 0.6 is 0 Å². The van der Waals surface area contributed by atoms with Gasteiger partial charge >= 0.3 is 0 Å². The number of unbranched alkanes of at least 4 members (excludes halogenated alkanes) is 1. The van der Waals surface area contributed by atoms with Gasteiger partial charge in [0.25, 0.3) is 0 Å². The number of allylic oxidation sites excluding steroid dienone is 3. The highest BCUT2D eigenvalue weighted by Crippen LogP contribution is 2.16. The van der Waals surface area contributed by atoms with Gasteiger partial charge in [0.05, 0.1) is 13.7 Å². The third kappa shape index (κ3) is 4.35. The fourth-order valence-corrected chi connectivity index (χ4v) is 1.04. The summed E-state index contributed by atoms with van der Waals surface area (Å²) in [5.41, 5.74) is 1.13. The van der Waals surface area contributed by atoms with Crippen molar-refractivity contribution in [2.24, 2.45) is 0 Å². The molecule has 2 heteroatoms. The van der Waals surface area contributed by atoms with Gasteiger partial charge in [-0.1, -0.05) is 19.4 Å². The van der Waals surface area contributed by atoms with Gasteiger partial charge in [0.15, 0.2) is 5.76 Å². The molecule has 0 aromatic heterocycles. The second-order valence-corrected chi connectivity index (χ2v) is 3.26. The molecule has 0 radical (unpaired) electrons. The van der Waals surface area contributed by atoms with E-state index >= 15 is 0 Å². The van der Waals surface area contributed by atoms with Gasteiger partial charge in [-0.25, -0.2) is 0 Å². The Morgan fingerprint density at radius 3 is 2.36 bits per heavy atom. The van der Waals surface area contributed by atoms with Crippen molar-refractivity contribution in [1.82, 2.24) is 0 Å². The zero-order valence-corrected chi connectivity index (χ0v) is 10.0. The van der Waals surface area contributed by atoms with Crippen LogP contribution in [0.25, 0.3) is 0 Å². The van der Waals surface area contributed by atoms with E-state index in [0.717, 1.165) is 36.5 Å². The summed E-state index contributed by atoms with van der Waals surface area (Å²) in [6.07, 6.45) is 4.26. The highest BCUT2D eigenvalue weighted by molar-refractivity contribution is 5.25. The smallest absolute Gasteiger partial charge is 0.159 e. The van der Waals surface area contributed by atoms with Crippen LogP contribution in [0, 0.1) is 0 Å². The number of rotatable bonds is 6. The first-order chi connectivity index (χ1) is 6.67. The van der Waals surface area contributed by atoms with Gasteiger partial charge in [0.2, 0.25) is 0 Å². The summed E-state index contributed by atoms with van der Waals surface area (Å²) in [5, 5.41) is 0. The molecule has 0 amide bonds. The second-order valence-electron chi connectivity index (χ2n) is 3.26. The Hall–Kier alpha value is -0.920. The van der Waals surface area contributed by atoms with Crippen LogP contribution in [-0.2, 0) is 9.47 Å². The minimum Gasteiger partial charge on any atom is -0.498 e. The molecule has 0 atom stereocenters. The monoisotopic (exact) mass is 198 g/mol. The third-order valence-corrected chi connectivity index (χ3v) is 2.16. The lowest BCUT2D eigenvalue weighted by Crippen LogP contribution is -2.00. The van der Waals surface area contributed by atoms with Crippen LogP contribution in [0.5, 0.6) is 0 Å². The van der Waals surface area contributed by atoms with Crippen LogP contribution in [0.4, 0.5) is 0 Å². The highest BCUT2D eigenvalue weighted by atomic mass is 16.5. The zero-order chi connectivity index (χ0) is 11.0. The molecule has 0 saturated carbocycles. The summed E-state index contributed by atoms with van der Waals surface area (Å²) in [7, 11) is 1.67. The molecular formula is C12H22O2. The minimum atomic E-state index is 0.762. The highest BCUT2D eigenvalue weighted by Gasteiger charge is 2.06. The average molecular weight is 198 g/mol. The Labute approximate surface area is 87.6 Å². The Kier molecular flexibility index (Phi) is 6.99. The standard InChI is InChI=1S/C12H22O2/c1-6-8-9-14-12(10(3)7-2)11(4)13-5/h7H,6,8-9H2,1-5H3/b10-7-,12-11-. The van der Waals surface area contributed by atoms with Crippen molar-refractivity contribution in [2.45, 2.75) is 40.5 Å². The lowest BCUT2D eigenvalue weighted by Gasteiger charge is -2.13. The fourth-order valence-electron chi connectivity index (χ4n) is 1.04. The van der Waals surface area contributed by atoms with Gasteiger partial charge in [0, 0.05) is 0 Å². The van der Waals surface area contributed by atoms with Gasteiger partial charge < -0.3 is 9.47 Å². The maximum absolute atomic E-state index is 5.67. The maximum Gasteiger partial charge on any atom is 0.159 e. The lowest BCUT2D eigenvalue weighted by molar-refractivity contribution is 0.181. The Bertz CT molecular complexity index is 214. The molecule has 0 aromatic carbocycles. The van der Waals surface area contributed by atoms with E-state index in [0.29, 0.717) is 0 Å². The van der Waals surface area contributed by atoms with E-state index in [1.165, 1.54) is 0 Å². The Balaban J connectivity index is 4.42. The van der Waals surface area contributed by atoms with E-state index in [9.17, 15) is 0 Å². The molecule has 0 aliphatic carbocycles. The third-order valence-electron chi connectivity index (χ3n) is 2.16. The van der Waals surface area contributed by atoms with Crippen LogP contribution in [0.3, 0.4) is 0 Å². The minimum absolute atomic E-state index is 0.762. The molecule has 0 bridgehead atoms. The van der Waals surface area contributed by atoms with Crippen molar-refractivity contribution in [3.05, 3.63) is 23.2 Å². The Morgan fingerprint density at radius 1 is 1.29 bits per heavy atom. The van der Waals surface area contributed by atoms with Crippen molar-refractivity contribution in [1.29, 1.82) is 0 Å². The molecule has 0 N–H and O–H groups in total. The first-order valence-electron chi connectivity index (χ1n) is 5.18. The summed E-state index contributed by atoms with van der Waals surface area (Å²) in [6, 6.07) is 0. The van der Waals surface area contributed by atoms with Gasteiger partial charge in [-0.3, -0.25) is 0 Å². The van der Waals surface area contributed by atoms with E-state index in [2.05, 4.69) is 6.92 Å². The lowest BCUT2D eigenvalue weighted by atomic mass is 10.2. The SMILES string of the molecule is C/C=C(C)\C(OCCCC)=C(/C)OC. The van der Waals surface area contributed by atoms with Gasteiger partial charge in [-0.2, -0.15) is 0 Å². The predicted octanol–water partition coefficient (Wildman–Crippen LogP) is 3.65. The molecule has 2 nitrogen and oxygen atoms in total. The molecule has 0 aliphatic heterocycles. The quantitative estimate of drug-likeness (QED) is 0.368. The summed E-state index contributed by atoms with van der Waals surface area (Å²) in [5.74, 6) is 1.72.